The molecule has 1 fully saturated rings. The van der Waals surface area contributed by atoms with Crippen LogP contribution in [0.15, 0.2) is 23.1 Å². The molecule has 3 rings (SSSR count). The maximum Gasteiger partial charge on any atom is 0.240 e. The number of fused-ring (bicyclic) bond motifs is 1. The molecule has 1 aromatic carbocycles. The third-order valence-electron chi connectivity index (χ3n) is 3.79. The van der Waals surface area contributed by atoms with Gasteiger partial charge < -0.3 is 10.1 Å². The first kappa shape index (κ1) is 14.5. The van der Waals surface area contributed by atoms with Crippen LogP contribution in [-0.4, -0.2) is 33.6 Å². The van der Waals surface area contributed by atoms with Crippen LogP contribution in [0.2, 0.25) is 0 Å². The second kappa shape index (κ2) is 5.75. The maximum atomic E-state index is 12.2. The van der Waals surface area contributed by atoms with Gasteiger partial charge in [0.1, 0.15) is 0 Å². The fraction of sp³-hybridized carbons (Fsp3) is 0.500. The average molecular weight is 310 g/mol. The molecule has 21 heavy (non-hydrogen) atoms. The average Bonchev–Trinajstić information content (AvgIpc) is 3.05. The summed E-state index contributed by atoms with van der Waals surface area (Å²) in [6.07, 6.45) is 3.12. The molecule has 1 unspecified atom stereocenters. The van der Waals surface area contributed by atoms with E-state index in [2.05, 4.69) is 10.0 Å². The van der Waals surface area contributed by atoms with Gasteiger partial charge in [0.2, 0.25) is 15.9 Å². The predicted molar refractivity (Wildman–Crippen MR) is 77.6 cm³/mol. The van der Waals surface area contributed by atoms with Gasteiger partial charge in [0.15, 0.2) is 0 Å². The summed E-state index contributed by atoms with van der Waals surface area (Å²) in [5.41, 5.74) is 1.42. The van der Waals surface area contributed by atoms with Crippen LogP contribution < -0.4 is 10.0 Å². The largest absolute Gasteiger partial charge is 0.378 e. The minimum atomic E-state index is -3.54. The summed E-state index contributed by atoms with van der Waals surface area (Å²) in [5.74, 6) is -0.106. The smallest absolute Gasteiger partial charge is 0.240 e. The summed E-state index contributed by atoms with van der Waals surface area (Å²) in [6, 6.07) is 4.70. The van der Waals surface area contributed by atoms with Crippen molar-refractivity contribution in [2.45, 2.75) is 36.7 Å². The zero-order chi connectivity index (χ0) is 14.9. The number of benzene rings is 1. The molecular formula is C14H18N2O4S. The molecular weight excluding hydrogens is 292 g/mol. The number of nitrogens with one attached hydrogen (secondary N) is 2. The zero-order valence-corrected chi connectivity index (χ0v) is 12.4. The minimum Gasteiger partial charge on any atom is -0.378 e. The highest BCUT2D eigenvalue weighted by Gasteiger charge is 2.22. The lowest BCUT2D eigenvalue weighted by atomic mass is 10.2. The lowest BCUT2D eigenvalue weighted by Gasteiger charge is -2.11. The minimum absolute atomic E-state index is 0.106. The lowest BCUT2D eigenvalue weighted by molar-refractivity contribution is -0.115. The number of sulfonamides is 1. The van der Waals surface area contributed by atoms with E-state index in [-0.39, 0.29) is 23.3 Å². The van der Waals surface area contributed by atoms with Crippen molar-refractivity contribution in [3.05, 3.63) is 23.8 Å². The molecule has 0 aliphatic carbocycles. The molecule has 6 nitrogen and oxygen atoms in total. The SMILES string of the molecule is O=C1Cc2cc(S(=O)(=O)NCCC3CCCO3)ccc2N1. The molecule has 2 aliphatic rings. The predicted octanol–water partition coefficient (Wildman–Crippen LogP) is 1.03. The van der Waals surface area contributed by atoms with Gasteiger partial charge in [-0.2, -0.15) is 0 Å². The molecule has 0 radical (unpaired) electrons. The molecule has 1 atom stereocenters. The van der Waals surface area contributed by atoms with E-state index < -0.39 is 10.0 Å². The Bertz CT molecular complexity index is 651. The maximum absolute atomic E-state index is 12.2. The fourth-order valence-electron chi connectivity index (χ4n) is 2.68. The van der Waals surface area contributed by atoms with Crippen LogP contribution in [0.4, 0.5) is 5.69 Å². The van der Waals surface area contributed by atoms with Crippen molar-refractivity contribution >= 4 is 21.6 Å². The second-order valence-corrected chi connectivity index (χ2v) is 7.13. The van der Waals surface area contributed by atoms with Crippen LogP contribution in [0.3, 0.4) is 0 Å². The summed E-state index contributed by atoms with van der Waals surface area (Å²) >= 11 is 0. The standard InChI is InChI=1S/C14H18N2O4S/c17-14-9-10-8-12(3-4-13(10)16-14)21(18,19)15-6-5-11-2-1-7-20-11/h3-4,8,11,15H,1-2,5-7,9H2,(H,16,17). The second-order valence-electron chi connectivity index (χ2n) is 5.37. The van der Waals surface area contributed by atoms with Gasteiger partial charge in [-0.1, -0.05) is 0 Å². The van der Waals surface area contributed by atoms with Crippen molar-refractivity contribution in [1.82, 2.24) is 4.72 Å². The van der Waals surface area contributed by atoms with E-state index in [1.807, 2.05) is 0 Å². The monoisotopic (exact) mass is 310 g/mol. The highest BCUT2D eigenvalue weighted by atomic mass is 32.2. The number of anilines is 1. The van der Waals surface area contributed by atoms with Crippen molar-refractivity contribution in [3.8, 4) is 0 Å². The number of ether oxygens (including phenoxy) is 1. The molecule has 114 valence electrons. The van der Waals surface area contributed by atoms with Gasteiger partial charge in [-0.15, -0.1) is 0 Å². The van der Waals surface area contributed by atoms with E-state index in [0.717, 1.165) is 25.0 Å². The highest BCUT2D eigenvalue weighted by molar-refractivity contribution is 7.89. The molecule has 0 bridgehead atoms. The third-order valence-corrected chi connectivity index (χ3v) is 5.25. The van der Waals surface area contributed by atoms with Crippen LogP contribution in [0.5, 0.6) is 0 Å². The Morgan fingerprint density at radius 1 is 1.38 bits per heavy atom. The van der Waals surface area contributed by atoms with Crippen molar-refractivity contribution < 1.29 is 17.9 Å². The molecule has 0 saturated carbocycles. The summed E-state index contributed by atoms with van der Waals surface area (Å²) in [5, 5.41) is 2.69. The lowest BCUT2D eigenvalue weighted by Crippen LogP contribution is -2.27. The fourth-order valence-corrected chi connectivity index (χ4v) is 3.78. The quantitative estimate of drug-likeness (QED) is 0.850. The summed E-state index contributed by atoms with van der Waals surface area (Å²) in [7, 11) is -3.54. The van der Waals surface area contributed by atoms with Gasteiger partial charge in [0.25, 0.3) is 0 Å². The molecule has 1 saturated heterocycles. The van der Waals surface area contributed by atoms with E-state index in [0.29, 0.717) is 18.7 Å². The van der Waals surface area contributed by atoms with Gasteiger partial charge >= 0.3 is 0 Å². The van der Waals surface area contributed by atoms with Crippen LogP contribution in [0, 0.1) is 0 Å². The molecule has 0 aromatic heterocycles. The van der Waals surface area contributed by atoms with Gasteiger partial charge in [0, 0.05) is 18.8 Å². The molecule has 7 heteroatoms. The Kier molecular flexibility index (Phi) is 3.97. The Hall–Kier alpha value is -1.44. The van der Waals surface area contributed by atoms with Gasteiger partial charge in [-0.3, -0.25) is 4.79 Å². The Morgan fingerprint density at radius 3 is 3.00 bits per heavy atom. The number of hydrogen-bond donors (Lipinski definition) is 2. The van der Waals surface area contributed by atoms with E-state index in [9.17, 15) is 13.2 Å². The Labute approximate surface area is 123 Å². The third kappa shape index (κ3) is 3.25. The van der Waals surface area contributed by atoms with Crippen molar-refractivity contribution in [3.63, 3.8) is 0 Å². The van der Waals surface area contributed by atoms with Gasteiger partial charge in [-0.25, -0.2) is 13.1 Å². The molecule has 2 heterocycles. The summed E-state index contributed by atoms with van der Waals surface area (Å²) in [6.45, 7) is 1.13. The topological polar surface area (TPSA) is 84.5 Å². The molecule has 2 aliphatic heterocycles. The molecule has 1 amide bonds. The van der Waals surface area contributed by atoms with E-state index in [1.165, 1.54) is 6.07 Å². The van der Waals surface area contributed by atoms with Crippen LogP contribution >= 0.6 is 0 Å². The first-order valence-corrected chi connectivity index (χ1v) is 8.57. The number of rotatable bonds is 5. The van der Waals surface area contributed by atoms with Gasteiger partial charge in [0.05, 0.1) is 17.4 Å². The number of carbonyl (C=O) groups is 1. The zero-order valence-electron chi connectivity index (χ0n) is 11.6. The Balaban J connectivity index is 1.64. The first-order chi connectivity index (χ1) is 10.0. The molecule has 2 N–H and O–H groups in total. The van der Waals surface area contributed by atoms with Crippen LogP contribution in [-0.2, 0) is 26.0 Å². The van der Waals surface area contributed by atoms with E-state index in [4.69, 9.17) is 4.74 Å². The first-order valence-electron chi connectivity index (χ1n) is 7.09. The van der Waals surface area contributed by atoms with Crippen molar-refractivity contribution in [2.24, 2.45) is 0 Å². The van der Waals surface area contributed by atoms with Crippen molar-refractivity contribution in [2.75, 3.05) is 18.5 Å². The summed E-state index contributed by atoms with van der Waals surface area (Å²) in [4.78, 5) is 11.5. The normalized spacial score (nSPS) is 21.3. The van der Waals surface area contributed by atoms with Crippen LogP contribution in [0.1, 0.15) is 24.8 Å². The number of amides is 1. The van der Waals surface area contributed by atoms with Crippen molar-refractivity contribution in [1.29, 1.82) is 0 Å². The molecule has 1 aromatic rings. The molecule has 0 spiro atoms. The number of carbonyl (C=O) groups excluding carboxylic acids is 1. The van der Waals surface area contributed by atoms with Gasteiger partial charge in [-0.05, 0) is 43.0 Å². The Morgan fingerprint density at radius 2 is 2.24 bits per heavy atom. The summed E-state index contributed by atoms with van der Waals surface area (Å²) < 4.78 is 32.5. The highest BCUT2D eigenvalue weighted by Crippen LogP contribution is 2.25. The van der Waals surface area contributed by atoms with E-state index in [1.54, 1.807) is 12.1 Å². The number of hydrogen-bond acceptors (Lipinski definition) is 4. The van der Waals surface area contributed by atoms with Crippen LogP contribution in [0.25, 0.3) is 0 Å². The van der Waals surface area contributed by atoms with E-state index >= 15 is 0 Å².